The zero-order valence-electron chi connectivity index (χ0n) is 14.2. The summed E-state index contributed by atoms with van der Waals surface area (Å²) in [6.07, 6.45) is 1.16. The summed E-state index contributed by atoms with van der Waals surface area (Å²) in [5, 5.41) is 10.2. The first-order valence-corrected chi connectivity index (χ1v) is 9.30. The Labute approximate surface area is 141 Å². The molecule has 6 heteroatoms. The lowest BCUT2D eigenvalue weighted by molar-refractivity contribution is -0.118. The Hall–Kier alpha value is -1.97. The van der Waals surface area contributed by atoms with E-state index in [9.17, 15) is 19.3 Å². The number of carbonyl (C=O) groups is 2. The molecule has 0 heterocycles. The molecular weight excluding hydrogens is 327 g/mol. The van der Waals surface area contributed by atoms with Crippen LogP contribution in [0.1, 0.15) is 27.7 Å². The van der Waals surface area contributed by atoms with Gasteiger partial charge in [-0.15, -0.1) is 0 Å². The van der Waals surface area contributed by atoms with Gasteiger partial charge in [-0.2, -0.15) is 0 Å². The SMILES string of the molecule is CCO[P@](=O)(C1=C(O)C(=O)C(C(C)(C)C)=CC1=O)c1ccccc1. The minimum atomic E-state index is -3.86. The van der Waals surface area contributed by atoms with E-state index in [0.717, 1.165) is 6.08 Å². The molecule has 1 atom stereocenters. The highest BCUT2D eigenvalue weighted by atomic mass is 31.2. The molecule has 0 bridgehead atoms. The van der Waals surface area contributed by atoms with Gasteiger partial charge in [-0.3, -0.25) is 14.2 Å². The summed E-state index contributed by atoms with van der Waals surface area (Å²) in [6, 6.07) is 8.16. The van der Waals surface area contributed by atoms with Crippen molar-refractivity contribution in [3.63, 3.8) is 0 Å². The first kappa shape index (κ1) is 18.4. The van der Waals surface area contributed by atoms with Crippen LogP contribution >= 0.6 is 7.37 Å². The minimum absolute atomic E-state index is 0.0697. The van der Waals surface area contributed by atoms with Crippen LogP contribution in [0, 0.1) is 5.41 Å². The highest BCUT2D eigenvalue weighted by Crippen LogP contribution is 2.56. The molecule has 128 valence electrons. The highest BCUT2D eigenvalue weighted by molar-refractivity contribution is 7.72. The Morgan fingerprint density at radius 2 is 1.71 bits per heavy atom. The maximum absolute atomic E-state index is 13.5. The number of rotatable bonds is 4. The molecule has 0 unspecified atom stereocenters. The van der Waals surface area contributed by atoms with Crippen molar-refractivity contribution in [2.45, 2.75) is 27.7 Å². The number of allylic oxidation sites excluding steroid dienone is 3. The maximum atomic E-state index is 13.5. The molecule has 0 aromatic heterocycles. The summed E-state index contributed by atoms with van der Waals surface area (Å²) < 4.78 is 18.9. The smallest absolute Gasteiger partial charge is 0.269 e. The fourth-order valence-electron chi connectivity index (χ4n) is 2.53. The molecule has 1 aliphatic carbocycles. The van der Waals surface area contributed by atoms with Gasteiger partial charge in [0.1, 0.15) is 5.31 Å². The van der Waals surface area contributed by atoms with Crippen LogP contribution in [0.15, 0.2) is 53.1 Å². The molecule has 24 heavy (non-hydrogen) atoms. The third-order valence-corrected chi connectivity index (χ3v) is 6.32. The fraction of sp³-hybridized carbons (Fsp3) is 0.333. The molecule has 1 aliphatic rings. The van der Waals surface area contributed by atoms with E-state index in [2.05, 4.69) is 0 Å². The standard InChI is InChI=1S/C18H21O5P/c1-5-23-24(22,12-9-7-6-8-10-12)17-14(19)11-13(18(2,3)4)15(20)16(17)21/h6-11,21H,5H2,1-4H3/t24-/m0/s1. The lowest BCUT2D eigenvalue weighted by atomic mass is 9.81. The van der Waals surface area contributed by atoms with Crippen LogP contribution in [0.4, 0.5) is 0 Å². The summed E-state index contributed by atoms with van der Waals surface area (Å²) in [6.45, 7) is 7.00. The first-order chi connectivity index (χ1) is 11.1. The number of Topliss-reactive ketones (excluding diaryl/α,β-unsaturated/α-hetero) is 1. The van der Waals surface area contributed by atoms with Gasteiger partial charge in [0.05, 0.1) is 6.61 Å². The molecule has 2 rings (SSSR count). The topological polar surface area (TPSA) is 80.7 Å². The predicted octanol–water partition coefficient (Wildman–Crippen LogP) is 3.52. The normalized spacial score (nSPS) is 18.4. The zero-order valence-corrected chi connectivity index (χ0v) is 15.1. The molecule has 0 aliphatic heterocycles. The fourth-order valence-corrected chi connectivity index (χ4v) is 4.73. The quantitative estimate of drug-likeness (QED) is 0.665. The summed E-state index contributed by atoms with van der Waals surface area (Å²) in [7, 11) is -3.86. The van der Waals surface area contributed by atoms with Crippen LogP contribution in [-0.2, 0) is 18.7 Å². The molecule has 0 saturated carbocycles. The van der Waals surface area contributed by atoms with Crippen molar-refractivity contribution in [2.75, 3.05) is 6.61 Å². The number of benzene rings is 1. The van der Waals surface area contributed by atoms with Gasteiger partial charge in [-0.1, -0.05) is 39.0 Å². The number of ketones is 2. The summed E-state index contributed by atoms with van der Waals surface area (Å²) in [5.41, 5.74) is -0.431. The Morgan fingerprint density at radius 3 is 2.21 bits per heavy atom. The van der Waals surface area contributed by atoms with Crippen LogP contribution in [0.3, 0.4) is 0 Å². The van der Waals surface area contributed by atoms with Crippen LogP contribution in [0.2, 0.25) is 0 Å². The predicted molar refractivity (Wildman–Crippen MR) is 92.5 cm³/mol. The Kier molecular flexibility index (Phi) is 4.97. The van der Waals surface area contributed by atoms with Crippen molar-refractivity contribution >= 4 is 24.2 Å². The van der Waals surface area contributed by atoms with Crippen molar-refractivity contribution in [2.24, 2.45) is 5.41 Å². The molecule has 0 amide bonds. The van der Waals surface area contributed by atoms with Gasteiger partial charge in [0.25, 0.3) is 7.37 Å². The molecular formula is C18H21O5P. The van der Waals surface area contributed by atoms with E-state index in [1.54, 1.807) is 58.0 Å². The van der Waals surface area contributed by atoms with E-state index >= 15 is 0 Å². The van der Waals surface area contributed by atoms with Crippen molar-refractivity contribution in [3.05, 3.63) is 53.1 Å². The molecule has 0 spiro atoms. The third kappa shape index (κ3) is 3.14. The van der Waals surface area contributed by atoms with E-state index < -0.39 is 35.4 Å². The van der Waals surface area contributed by atoms with E-state index in [-0.39, 0.29) is 17.5 Å². The van der Waals surface area contributed by atoms with Gasteiger partial charge in [-0.05, 0) is 30.5 Å². The summed E-state index contributed by atoms with van der Waals surface area (Å²) >= 11 is 0. The van der Waals surface area contributed by atoms with E-state index in [1.807, 2.05) is 0 Å². The van der Waals surface area contributed by atoms with Crippen molar-refractivity contribution in [1.82, 2.24) is 0 Å². The Morgan fingerprint density at radius 1 is 1.12 bits per heavy atom. The van der Waals surface area contributed by atoms with E-state index in [0.29, 0.717) is 0 Å². The zero-order chi connectivity index (χ0) is 18.1. The average molecular weight is 348 g/mol. The van der Waals surface area contributed by atoms with Crippen LogP contribution in [0.5, 0.6) is 0 Å². The average Bonchev–Trinajstić information content (AvgIpc) is 2.51. The van der Waals surface area contributed by atoms with E-state index in [1.165, 1.54) is 0 Å². The second-order valence-corrected chi connectivity index (χ2v) is 8.83. The Bertz CT molecular complexity index is 781. The molecule has 1 aromatic carbocycles. The van der Waals surface area contributed by atoms with Gasteiger partial charge >= 0.3 is 0 Å². The first-order valence-electron chi connectivity index (χ1n) is 7.68. The minimum Gasteiger partial charge on any atom is -0.503 e. The molecule has 1 aromatic rings. The molecule has 0 radical (unpaired) electrons. The lowest BCUT2D eigenvalue weighted by Gasteiger charge is -2.27. The number of aliphatic hydroxyl groups excluding tert-OH is 1. The second-order valence-electron chi connectivity index (χ2n) is 6.50. The van der Waals surface area contributed by atoms with Gasteiger partial charge in [0.2, 0.25) is 5.78 Å². The van der Waals surface area contributed by atoms with Crippen molar-refractivity contribution < 1.29 is 23.8 Å². The monoisotopic (exact) mass is 348 g/mol. The van der Waals surface area contributed by atoms with E-state index in [4.69, 9.17) is 4.52 Å². The van der Waals surface area contributed by atoms with Crippen LogP contribution in [-0.4, -0.2) is 23.3 Å². The van der Waals surface area contributed by atoms with Gasteiger partial charge in [-0.25, -0.2) is 0 Å². The number of aliphatic hydroxyl groups is 1. The number of hydrogen-bond donors (Lipinski definition) is 1. The summed E-state index contributed by atoms with van der Waals surface area (Å²) in [5.74, 6) is -2.13. The van der Waals surface area contributed by atoms with Crippen LogP contribution in [0.25, 0.3) is 0 Å². The third-order valence-electron chi connectivity index (χ3n) is 3.70. The van der Waals surface area contributed by atoms with Crippen molar-refractivity contribution in [1.29, 1.82) is 0 Å². The lowest BCUT2D eigenvalue weighted by Crippen LogP contribution is -2.28. The highest BCUT2D eigenvalue weighted by Gasteiger charge is 2.44. The van der Waals surface area contributed by atoms with Gasteiger partial charge < -0.3 is 9.63 Å². The van der Waals surface area contributed by atoms with Gasteiger partial charge in [0.15, 0.2) is 11.5 Å². The summed E-state index contributed by atoms with van der Waals surface area (Å²) in [4.78, 5) is 25.1. The molecule has 5 nitrogen and oxygen atoms in total. The van der Waals surface area contributed by atoms with Crippen LogP contribution < -0.4 is 5.30 Å². The second kappa shape index (κ2) is 6.50. The Balaban J connectivity index is 2.65. The van der Waals surface area contributed by atoms with Crippen molar-refractivity contribution in [3.8, 4) is 0 Å². The molecule has 0 fully saturated rings. The number of hydrogen-bond acceptors (Lipinski definition) is 5. The molecule has 0 saturated heterocycles. The number of carbonyl (C=O) groups excluding carboxylic acids is 2. The van der Waals surface area contributed by atoms with Gasteiger partial charge in [0, 0.05) is 10.9 Å². The largest absolute Gasteiger partial charge is 0.503 e. The molecule has 1 N–H and O–H groups in total. The maximum Gasteiger partial charge on any atom is 0.269 e.